The van der Waals surface area contributed by atoms with Gasteiger partial charge in [0.1, 0.15) is 5.82 Å². The Morgan fingerprint density at radius 2 is 1.83 bits per heavy atom. The Morgan fingerprint density at radius 3 is 2.55 bits per heavy atom. The van der Waals surface area contributed by atoms with Gasteiger partial charge in [-0.1, -0.05) is 28.1 Å². The molecule has 1 atom stereocenters. The van der Waals surface area contributed by atoms with Gasteiger partial charge in [0.05, 0.1) is 11.8 Å². The van der Waals surface area contributed by atoms with Crippen molar-refractivity contribution in [3.05, 3.63) is 81.3 Å². The minimum atomic E-state index is -0.913. The topological polar surface area (TPSA) is 67.2 Å². The molecule has 0 aliphatic heterocycles. The highest BCUT2D eigenvalue weighted by molar-refractivity contribution is 9.10. The van der Waals surface area contributed by atoms with Gasteiger partial charge in [0, 0.05) is 22.3 Å². The Labute approximate surface area is 176 Å². The first-order valence-electron chi connectivity index (χ1n) is 9.61. The first kappa shape index (κ1) is 19.8. The Balaban J connectivity index is 1.55. The van der Waals surface area contributed by atoms with E-state index in [2.05, 4.69) is 26.3 Å². The number of nitrogens with one attached hydrogen (secondary N) is 1. The molecule has 0 radical (unpaired) electrons. The molecule has 0 saturated heterocycles. The van der Waals surface area contributed by atoms with Crippen LogP contribution in [0.5, 0.6) is 0 Å². The van der Waals surface area contributed by atoms with E-state index in [9.17, 15) is 14.3 Å². The zero-order valence-electron chi connectivity index (χ0n) is 15.7. The molecule has 1 amide bonds. The van der Waals surface area contributed by atoms with E-state index in [1.165, 1.54) is 24.3 Å². The lowest BCUT2D eigenvalue weighted by molar-refractivity contribution is 0.0910. The van der Waals surface area contributed by atoms with Crippen molar-refractivity contribution >= 4 is 21.8 Å². The van der Waals surface area contributed by atoms with Gasteiger partial charge in [-0.3, -0.25) is 4.79 Å². The molecule has 2 aromatic carbocycles. The molecule has 1 unspecified atom stereocenters. The fourth-order valence-electron chi connectivity index (χ4n) is 3.65. The van der Waals surface area contributed by atoms with E-state index in [4.69, 9.17) is 0 Å². The molecule has 3 aromatic rings. The number of aromatic nitrogens is 2. The number of aliphatic hydroxyl groups is 1. The first-order valence-corrected chi connectivity index (χ1v) is 10.4. The van der Waals surface area contributed by atoms with E-state index in [1.54, 1.807) is 0 Å². The lowest BCUT2D eigenvalue weighted by atomic mass is 9.95. The standard InChI is InChI=1S/C22H21BrFN3O2/c23-15-7-11-17(12-8-15)27-19-4-2-1-3-18(19)21(26-27)22(29)25-13-20(28)14-5-9-16(24)10-6-14/h5-12,20,28H,1-4,13H2,(H,25,29). The third-order valence-corrected chi connectivity index (χ3v) is 5.71. The SMILES string of the molecule is O=C(NCC(O)c1ccc(F)cc1)c1nn(-c2ccc(Br)cc2)c2c1CCCC2. The summed E-state index contributed by atoms with van der Waals surface area (Å²) in [5.41, 5.74) is 3.93. The molecule has 0 saturated carbocycles. The molecule has 0 spiro atoms. The van der Waals surface area contributed by atoms with Crippen LogP contribution in [-0.4, -0.2) is 27.3 Å². The summed E-state index contributed by atoms with van der Waals surface area (Å²) in [4.78, 5) is 12.8. The highest BCUT2D eigenvalue weighted by Crippen LogP contribution is 2.27. The summed E-state index contributed by atoms with van der Waals surface area (Å²) in [5.74, 6) is -0.671. The molecule has 0 bridgehead atoms. The van der Waals surface area contributed by atoms with Crippen LogP contribution in [0.4, 0.5) is 4.39 Å². The van der Waals surface area contributed by atoms with Crippen LogP contribution in [0.3, 0.4) is 0 Å². The summed E-state index contributed by atoms with van der Waals surface area (Å²) >= 11 is 3.44. The number of halogens is 2. The maximum Gasteiger partial charge on any atom is 0.272 e. The van der Waals surface area contributed by atoms with Gasteiger partial charge in [-0.25, -0.2) is 9.07 Å². The van der Waals surface area contributed by atoms with Crippen LogP contribution in [0.25, 0.3) is 5.69 Å². The monoisotopic (exact) mass is 457 g/mol. The van der Waals surface area contributed by atoms with Crippen molar-refractivity contribution in [2.45, 2.75) is 31.8 Å². The molecule has 4 rings (SSSR count). The summed E-state index contributed by atoms with van der Waals surface area (Å²) in [5, 5.41) is 17.7. The number of hydrogen-bond donors (Lipinski definition) is 2. The van der Waals surface area contributed by atoms with Gasteiger partial charge in [0.25, 0.3) is 5.91 Å². The molecular formula is C22H21BrFN3O2. The van der Waals surface area contributed by atoms with E-state index < -0.39 is 6.10 Å². The largest absolute Gasteiger partial charge is 0.387 e. The Bertz CT molecular complexity index is 1020. The molecule has 1 aromatic heterocycles. The number of aliphatic hydroxyl groups excluding tert-OH is 1. The van der Waals surface area contributed by atoms with Crippen LogP contribution in [0.1, 0.15) is 46.3 Å². The van der Waals surface area contributed by atoms with Crippen LogP contribution in [0.2, 0.25) is 0 Å². The summed E-state index contributed by atoms with van der Waals surface area (Å²) in [6.45, 7) is 0.0321. The van der Waals surface area contributed by atoms with Crippen molar-refractivity contribution in [3.63, 3.8) is 0 Å². The lowest BCUT2D eigenvalue weighted by Crippen LogP contribution is -2.29. The number of rotatable bonds is 5. The second-order valence-electron chi connectivity index (χ2n) is 7.15. The number of carbonyl (C=O) groups is 1. The maximum absolute atomic E-state index is 13.0. The molecular weight excluding hydrogens is 437 g/mol. The summed E-state index contributed by atoms with van der Waals surface area (Å²) in [6, 6.07) is 13.4. The zero-order chi connectivity index (χ0) is 20.4. The quantitative estimate of drug-likeness (QED) is 0.605. The number of amides is 1. The van der Waals surface area contributed by atoms with Crippen LogP contribution >= 0.6 is 15.9 Å². The normalized spacial score (nSPS) is 14.3. The van der Waals surface area contributed by atoms with Crippen molar-refractivity contribution in [1.82, 2.24) is 15.1 Å². The van der Waals surface area contributed by atoms with Crippen molar-refractivity contribution in [2.75, 3.05) is 6.54 Å². The molecule has 150 valence electrons. The van der Waals surface area contributed by atoms with E-state index in [1.807, 2.05) is 28.9 Å². The number of hydrogen-bond acceptors (Lipinski definition) is 3. The minimum absolute atomic E-state index is 0.0321. The average molecular weight is 458 g/mol. The predicted molar refractivity (Wildman–Crippen MR) is 112 cm³/mol. The second-order valence-corrected chi connectivity index (χ2v) is 8.06. The van der Waals surface area contributed by atoms with Gasteiger partial charge in [0.2, 0.25) is 0 Å². The zero-order valence-corrected chi connectivity index (χ0v) is 17.3. The number of fused-ring (bicyclic) bond motifs is 1. The van der Waals surface area contributed by atoms with Gasteiger partial charge in [0.15, 0.2) is 5.69 Å². The molecule has 7 heteroatoms. The number of carbonyl (C=O) groups excluding carboxylic acids is 1. The fraction of sp³-hybridized carbons (Fsp3) is 0.273. The van der Waals surface area contributed by atoms with E-state index in [0.717, 1.165) is 47.1 Å². The Morgan fingerprint density at radius 1 is 1.14 bits per heavy atom. The maximum atomic E-state index is 13.0. The third kappa shape index (κ3) is 4.26. The van der Waals surface area contributed by atoms with Gasteiger partial charge in [-0.05, 0) is 67.6 Å². The molecule has 1 aliphatic carbocycles. The van der Waals surface area contributed by atoms with Crippen molar-refractivity contribution < 1.29 is 14.3 Å². The fourth-order valence-corrected chi connectivity index (χ4v) is 3.92. The molecule has 1 aliphatic rings. The highest BCUT2D eigenvalue weighted by atomic mass is 79.9. The molecule has 5 nitrogen and oxygen atoms in total. The van der Waals surface area contributed by atoms with Crippen LogP contribution in [-0.2, 0) is 12.8 Å². The van der Waals surface area contributed by atoms with Gasteiger partial charge in [-0.2, -0.15) is 5.10 Å². The molecule has 0 fully saturated rings. The van der Waals surface area contributed by atoms with Gasteiger partial charge >= 0.3 is 0 Å². The van der Waals surface area contributed by atoms with Gasteiger partial charge in [-0.15, -0.1) is 0 Å². The summed E-state index contributed by atoms with van der Waals surface area (Å²) < 4.78 is 15.9. The molecule has 1 heterocycles. The van der Waals surface area contributed by atoms with Crippen molar-refractivity contribution in [2.24, 2.45) is 0 Å². The smallest absolute Gasteiger partial charge is 0.272 e. The van der Waals surface area contributed by atoms with E-state index >= 15 is 0 Å². The van der Waals surface area contributed by atoms with Gasteiger partial charge < -0.3 is 10.4 Å². The second kappa shape index (κ2) is 8.47. The minimum Gasteiger partial charge on any atom is -0.387 e. The van der Waals surface area contributed by atoms with Crippen LogP contribution in [0.15, 0.2) is 53.0 Å². The van der Waals surface area contributed by atoms with Crippen LogP contribution < -0.4 is 5.32 Å². The third-order valence-electron chi connectivity index (χ3n) is 5.18. The van der Waals surface area contributed by atoms with Crippen LogP contribution in [0, 0.1) is 5.82 Å². The summed E-state index contributed by atoms with van der Waals surface area (Å²) in [6.07, 6.45) is 2.87. The summed E-state index contributed by atoms with van der Waals surface area (Å²) in [7, 11) is 0. The van der Waals surface area contributed by atoms with Crippen molar-refractivity contribution in [3.8, 4) is 5.69 Å². The molecule has 2 N–H and O–H groups in total. The molecule has 29 heavy (non-hydrogen) atoms. The number of benzene rings is 2. The Hall–Kier alpha value is -2.51. The lowest BCUT2D eigenvalue weighted by Gasteiger charge is -2.15. The van der Waals surface area contributed by atoms with E-state index in [0.29, 0.717) is 11.3 Å². The number of nitrogens with zero attached hydrogens (tertiary/aromatic N) is 2. The Kier molecular flexibility index (Phi) is 5.78. The average Bonchev–Trinajstić information content (AvgIpc) is 3.13. The highest BCUT2D eigenvalue weighted by Gasteiger charge is 2.26. The van der Waals surface area contributed by atoms with E-state index in [-0.39, 0.29) is 18.3 Å². The predicted octanol–water partition coefficient (Wildman–Crippen LogP) is 4.12. The van der Waals surface area contributed by atoms with Crippen molar-refractivity contribution in [1.29, 1.82) is 0 Å². The first-order chi connectivity index (χ1) is 14.0.